The Morgan fingerprint density at radius 3 is 2.52 bits per heavy atom. The minimum absolute atomic E-state index is 0.0824. The number of pyridine rings is 1. The number of rotatable bonds is 6. The lowest BCUT2D eigenvalue weighted by Crippen LogP contribution is -2.49. The molecule has 0 unspecified atom stereocenters. The van der Waals surface area contributed by atoms with Gasteiger partial charge in [0.25, 0.3) is 0 Å². The molecule has 33 heavy (non-hydrogen) atoms. The molecule has 0 spiro atoms. The molecule has 0 bridgehead atoms. The Morgan fingerprint density at radius 2 is 1.88 bits per heavy atom. The third kappa shape index (κ3) is 5.82. The number of aryl methyl sites for hydroxylation is 2. The number of nitrogens with one attached hydrogen (secondary N) is 1. The molecule has 1 saturated carbocycles. The van der Waals surface area contributed by atoms with Crippen LogP contribution in [0.4, 0.5) is 23.2 Å². The molecule has 1 aromatic carbocycles. The third-order valence-corrected chi connectivity index (χ3v) is 5.97. The van der Waals surface area contributed by atoms with Crippen molar-refractivity contribution in [2.75, 3.05) is 24.6 Å². The minimum atomic E-state index is -4.50. The van der Waals surface area contributed by atoms with Crippen LogP contribution >= 0.6 is 0 Å². The van der Waals surface area contributed by atoms with Crippen LogP contribution in [0.25, 0.3) is 11.1 Å². The largest absolute Gasteiger partial charge is 0.416 e. The maximum atomic E-state index is 15.5. The molecule has 5 nitrogen and oxygen atoms in total. The number of morpholine rings is 1. The van der Waals surface area contributed by atoms with Gasteiger partial charge in [-0.1, -0.05) is 0 Å². The van der Waals surface area contributed by atoms with Crippen molar-refractivity contribution in [3.05, 3.63) is 47.0 Å². The van der Waals surface area contributed by atoms with E-state index in [0.29, 0.717) is 34.7 Å². The smallest absolute Gasteiger partial charge is 0.366 e. The third-order valence-electron chi connectivity index (χ3n) is 5.97. The molecular weight excluding hydrogens is 438 g/mol. The fourth-order valence-corrected chi connectivity index (χ4v) is 4.20. The second-order valence-corrected chi connectivity index (χ2v) is 8.87. The summed E-state index contributed by atoms with van der Waals surface area (Å²) in [4.78, 5) is 18.1. The first-order valence-electron chi connectivity index (χ1n) is 11.1. The SMILES string of the molecule is Cc1cc(-c2c(F)cc(N3CCO[C@@H](C(F)(F)F)C3)cc2CNC(=O)CC2CC2)cc(C)n1. The Morgan fingerprint density at radius 1 is 1.18 bits per heavy atom. The van der Waals surface area contributed by atoms with E-state index in [-0.39, 0.29) is 25.6 Å². The Labute approximate surface area is 190 Å². The fraction of sp³-hybridized carbons (Fsp3) is 0.500. The van der Waals surface area contributed by atoms with E-state index in [4.69, 9.17) is 4.74 Å². The molecule has 178 valence electrons. The summed E-state index contributed by atoms with van der Waals surface area (Å²) >= 11 is 0. The molecule has 4 rings (SSSR count). The van der Waals surface area contributed by atoms with Crippen LogP contribution in [0.2, 0.25) is 0 Å². The summed E-state index contributed by atoms with van der Waals surface area (Å²) in [5.41, 5.74) is 3.22. The van der Waals surface area contributed by atoms with Crippen LogP contribution in [0.3, 0.4) is 0 Å². The number of anilines is 1. The van der Waals surface area contributed by atoms with Crippen molar-refractivity contribution < 1.29 is 27.1 Å². The average molecular weight is 465 g/mol. The van der Waals surface area contributed by atoms with Crippen LogP contribution in [0.5, 0.6) is 0 Å². The van der Waals surface area contributed by atoms with Gasteiger partial charge in [-0.05, 0) is 68.0 Å². The quantitative estimate of drug-likeness (QED) is 0.629. The van der Waals surface area contributed by atoms with E-state index in [1.165, 1.54) is 11.0 Å². The van der Waals surface area contributed by atoms with Crippen LogP contribution in [-0.4, -0.2) is 42.9 Å². The van der Waals surface area contributed by atoms with Gasteiger partial charge in [-0.2, -0.15) is 13.2 Å². The summed E-state index contributed by atoms with van der Waals surface area (Å²) in [5, 5.41) is 2.86. The zero-order chi connectivity index (χ0) is 23.8. The highest BCUT2D eigenvalue weighted by atomic mass is 19.4. The van der Waals surface area contributed by atoms with E-state index in [0.717, 1.165) is 24.2 Å². The molecule has 2 aliphatic rings. The number of amides is 1. The molecule has 2 aromatic rings. The van der Waals surface area contributed by atoms with Crippen LogP contribution in [0.15, 0.2) is 24.3 Å². The number of hydrogen-bond donors (Lipinski definition) is 1. The van der Waals surface area contributed by atoms with Gasteiger partial charge >= 0.3 is 6.18 Å². The first-order valence-corrected chi connectivity index (χ1v) is 11.1. The lowest BCUT2D eigenvalue weighted by atomic mass is 9.97. The maximum absolute atomic E-state index is 15.5. The van der Waals surface area contributed by atoms with Crippen molar-refractivity contribution in [3.8, 4) is 11.1 Å². The fourth-order valence-electron chi connectivity index (χ4n) is 4.20. The Kier molecular flexibility index (Phi) is 6.61. The predicted molar refractivity (Wildman–Crippen MR) is 116 cm³/mol. The molecule has 1 aliphatic carbocycles. The van der Waals surface area contributed by atoms with Crippen molar-refractivity contribution >= 4 is 11.6 Å². The second-order valence-electron chi connectivity index (χ2n) is 8.87. The average Bonchev–Trinajstić information content (AvgIpc) is 3.54. The number of nitrogens with zero attached hydrogens (tertiary/aromatic N) is 2. The van der Waals surface area contributed by atoms with Gasteiger partial charge in [-0.3, -0.25) is 9.78 Å². The van der Waals surface area contributed by atoms with Gasteiger partial charge in [0.05, 0.1) is 13.2 Å². The summed E-state index contributed by atoms with van der Waals surface area (Å²) < 4.78 is 59.9. The highest BCUT2D eigenvalue weighted by Crippen LogP contribution is 2.35. The van der Waals surface area contributed by atoms with Gasteiger partial charge in [0.2, 0.25) is 5.91 Å². The van der Waals surface area contributed by atoms with Crippen LogP contribution in [0, 0.1) is 25.6 Å². The summed E-state index contributed by atoms with van der Waals surface area (Å²) in [6.07, 6.45) is -3.92. The van der Waals surface area contributed by atoms with Gasteiger partial charge in [0, 0.05) is 42.1 Å². The number of carbonyl (C=O) groups excluding carboxylic acids is 1. The minimum Gasteiger partial charge on any atom is -0.366 e. The number of ether oxygens (including phenoxy) is 1. The first-order chi connectivity index (χ1) is 15.6. The summed E-state index contributed by atoms with van der Waals surface area (Å²) in [6, 6.07) is 6.44. The highest BCUT2D eigenvalue weighted by molar-refractivity contribution is 5.78. The Hall–Kier alpha value is -2.68. The van der Waals surface area contributed by atoms with E-state index in [1.54, 1.807) is 18.2 Å². The van der Waals surface area contributed by atoms with Crippen LogP contribution in [-0.2, 0) is 16.1 Å². The number of hydrogen-bond acceptors (Lipinski definition) is 4. The lowest BCUT2D eigenvalue weighted by Gasteiger charge is -2.35. The molecule has 0 radical (unpaired) electrons. The van der Waals surface area contributed by atoms with Crippen molar-refractivity contribution in [1.29, 1.82) is 0 Å². The molecule has 2 heterocycles. The van der Waals surface area contributed by atoms with Crippen LogP contribution < -0.4 is 10.2 Å². The zero-order valence-electron chi connectivity index (χ0n) is 18.6. The topological polar surface area (TPSA) is 54.5 Å². The summed E-state index contributed by atoms with van der Waals surface area (Å²) in [7, 11) is 0. The lowest BCUT2D eigenvalue weighted by molar-refractivity contribution is -0.221. The van der Waals surface area contributed by atoms with E-state index in [1.807, 2.05) is 13.8 Å². The predicted octanol–water partition coefficient (Wildman–Crippen LogP) is 4.69. The second kappa shape index (κ2) is 9.29. The van der Waals surface area contributed by atoms with Crippen molar-refractivity contribution in [2.24, 2.45) is 5.92 Å². The molecule has 1 amide bonds. The van der Waals surface area contributed by atoms with Gasteiger partial charge in [0.1, 0.15) is 5.82 Å². The summed E-state index contributed by atoms with van der Waals surface area (Å²) in [5.74, 6) is -0.260. The van der Waals surface area contributed by atoms with E-state index < -0.39 is 24.6 Å². The molecule has 1 aromatic heterocycles. The van der Waals surface area contributed by atoms with Crippen LogP contribution in [0.1, 0.15) is 36.2 Å². The van der Waals surface area contributed by atoms with Gasteiger partial charge in [0.15, 0.2) is 6.10 Å². The van der Waals surface area contributed by atoms with E-state index in [9.17, 15) is 18.0 Å². The first kappa shape index (κ1) is 23.5. The number of benzene rings is 1. The van der Waals surface area contributed by atoms with E-state index in [2.05, 4.69) is 10.3 Å². The Bertz CT molecular complexity index is 1020. The molecular formula is C24H27F4N3O2. The van der Waals surface area contributed by atoms with E-state index >= 15 is 4.39 Å². The summed E-state index contributed by atoms with van der Waals surface area (Å²) in [6.45, 7) is 3.40. The number of alkyl halides is 3. The van der Waals surface area contributed by atoms with Crippen molar-refractivity contribution in [1.82, 2.24) is 10.3 Å². The molecule has 1 saturated heterocycles. The zero-order valence-corrected chi connectivity index (χ0v) is 18.6. The number of carbonyl (C=O) groups is 1. The molecule has 1 atom stereocenters. The van der Waals surface area contributed by atoms with Gasteiger partial charge < -0.3 is 15.0 Å². The molecule has 1 N–H and O–H groups in total. The normalized spacial score (nSPS) is 19.0. The standard InChI is InChI=1S/C24H27F4N3O2/c1-14-7-17(8-15(2)30-14)23-18(12-29-22(32)9-16-3-4-16)10-19(11-20(23)25)31-5-6-33-21(13-31)24(26,27)28/h7-8,10-11,16,21H,3-6,9,12-13H2,1-2H3,(H,29,32)/t21-/m1/s1. The molecule has 9 heteroatoms. The molecule has 1 aliphatic heterocycles. The van der Waals surface area contributed by atoms with Crippen molar-refractivity contribution in [2.45, 2.75) is 51.9 Å². The van der Waals surface area contributed by atoms with Gasteiger partial charge in [-0.15, -0.1) is 0 Å². The highest BCUT2D eigenvalue weighted by Gasteiger charge is 2.43. The monoisotopic (exact) mass is 465 g/mol. The maximum Gasteiger partial charge on any atom is 0.416 e. The Balaban J connectivity index is 1.67. The number of aromatic nitrogens is 1. The molecule has 2 fully saturated rings. The van der Waals surface area contributed by atoms with Gasteiger partial charge in [-0.25, -0.2) is 4.39 Å². The van der Waals surface area contributed by atoms with Crippen molar-refractivity contribution in [3.63, 3.8) is 0 Å². The number of halogens is 4.